The first-order valence-electron chi connectivity index (χ1n) is 6.35. The lowest BCUT2D eigenvalue weighted by Crippen LogP contribution is -2.27. The maximum atomic E-state index is 10.7. The average Bonchev–Trinajstić information content (AvgIpc) is 2.83. The number of rotatable bonds is 3. The zero-order valence-electron chi connectivity index (χ0n) is 10.8. The van der Waals surface area contributed by atoms with Crippen LogP contribution in [0, 0.1) is 0 Å². The van der Waals surface area contributed by atoms with Crippen molar-refractivity contribution in [2.75, 3.05) is 0 Å². The van der Waals surface area contributed by atoms with Crippen molar-refractivity contribution in [3.05, 3.63) is 66.5 Å². The first-order chi connectivity index (χ1) is 9.17. The van der Waals surface area contributed by atoms with Crippen LogP contribution in [0.1, 0.15) is 12.5 Å². The van der Waals surface area contributed by atoms with Gasteiger partial charge in [0.1, 0.15) is 5.60 Å². The third-order valence-electron chi connectivity index (χ3n) is 3.40. The molecule has 0 saturated heterocycles. The van der Waals surface area contributed by atoms with E-state index in [4.69, 9.17) is 0 Å². The van der Waals surface area contributed by atoms with E-state index in [9.17, 15) is 5.11 Å². The van der Waals surface area contributed by atoms with Crippen molar-refractivity contribution in [3.8, 4) is 0 Å². The van der Waals surface area contributed by atoms with Gasteiger partial charge in [0.2, 0.25) is 0 Å². The maximum absolute atomic E-state index is 10.7. The molecule has 96 valence electrons. The van der Waals surface area contributed by atoms with Crippen molar-refractivity contribution in [2.45, 2.75) is 19.1 Å². The summed E-state index contributed by atoms with van der Waals surface area (Å²) >= 11 is 0. The van der Waals surface area contributed by atoms with Gasteiger partial charge >= 0.3 is 0 Å². The fourth-order valence-electron chi connectivity index (χ4n) is 2.36. The molecule has 0 aliphatic heterocycles. The summed E-state index contributed by atoms with van der Waals surface area (Å²) in [7, 11) is 0. The molecule has 0 spiro atoms. The van der Waals surface area contributed by atoms with Gasteiger partial charge in [-0.25, -0.2) is 4.98 Å². The smallest absolute Gasteiger partial charge is 0.105 e. The van der Waals surface area contributed by atoms with Gasteiger partial charge in [-0.05, 0) is 24.6 Å². The monoisotopic (exact) mass is 252 g/mol. The number of aliphatic hydroxyl groups is 1. The lowest BCUT2D eigenvalue weighted by molar-refractivity contribution is 0.0394. The molecule has 0 radical (unpaired) electrons. The quantitative estimate of drug-likeness (QED) is 0.778. The molecule has 1 heterocycles. The van der Waals surface area contributed by atoms with Crippen LogP contribution in [0.25, 0.3) is 11.0 Å². The number of imidazole rings is 1. The van der Waals surface area contributed by atoms with Crippen LogP contribution in [-0.2, 0) is 12.1 Å². The Labute approximate surface area is 112 Å². The number of para-hydroxylation sites is 2. The van der Waals surface area contributed by atoms with Crippen molar-refractivity contribution in [3.63, 3.8) is 0 Å². The van der Waals surface area contributed by atoms with E-state index in [1.807, 2.05) is 66.1 Å². The predicted molar refractivity (Wildman–Crippen MR) is 75.7 cm³/mol. The van der Waals surface area contributed by atoms with Gasteiger partial charge in [0.25, 0.3) is 0 Å². The van der Waals surface area contributed by atoms with E-state index in [0.29, 0.717) is 6.54 Å². The first kappa shape index (κ1) is 11.9. The molecule has 3 aromatic rings. The normalized spacial score (nSPS) is 14.4. The maximum Gasteiger partial charge on any atom is 0.105 e. The Kier molecular flexibility index (Phi) is 2.84. The highest BCUT2D eigenvalue weighted by Gasteiger charge is 2.24. The van der Waals surface area contributed by atoms with E-state index >= 15 is 0 Å². The highest BCUT2D eigenvalue weighted by Crippen LogP contribution is 2.24. The summed E-state index contributed by atoms with van der Waals surface area (Å²) in [6.45, 7) is 2.31. The van der Waals surface area contributed by atoms with E-state index in [0.717, 1.165) is 16.6 Å². The second-order valence-corrected chi connectivity index (χ2v) is 5.00. The molecule has 1 aromatic heterocycles. The van der Waals surface area contributed by atoms with E-state index in [-0.39, 0.29) is 0 Å². The van der Waals surface area contributed by atoms with Crippen molar-refractivity contribution in [2.24, 2.45) is 0 Å². The molecule has 3 heteroatoms. The largest absolute Gasteiger partial charge is 0.384 e. The fraction of sp³-hybridized carbons (Fsp3) is 0.188. The molecule has 1 unspecified atom stereocenters. The average molecular weight is 252 g/mol. The van der Waals surface area contributed by atoms with Gasteiger partial charge in [-0.1, -0.05) is 42.5 Å². The minimum absolute atomic E-state index is 0.484. The number of nitrogens with zero attached hydrogens (tertiary/aromatic N) is 2. The Morgan fingerprint density at radius 2 is 1.74 bits per heavy atom. The van der Waals surface area contributed by atoms with Gasteiger partial charge in [-0.3, -0.25) is 0 Å². The SMILES string of the molecule is CC(O)(Cn1cnc2ccccc21)c1ccccc1. The van der Waals surface area contributed by atoms with Crippen molar-refractivity contribution in [1.82, 2.24) is 9.55 Å². The molecule has 0 amide bonds. The van der Waals surface area contributed by atoms with Crippen molar-refractivity contribution in [1.29, 1.82) is 0 Å². The minimum atomic E-state index is -0.912. The molecule has 3 nitrogen and oxygen atoms in total. The van der Waals surface area contributed by atoms with Gasteiger partial charge in [-0.15, -0.1) is 0 Å². The zero-order chi connectivity index (χ0) is 13.3. The van der Waals surface area contributed by atoms with Crippen molar-refractivity contribution < 1.29 is 5.11 Å². The lowest BCUT2D eigenvalue weighted by atomic mass is 9.96. The summed E-state index contributed by atoms with van der Waals surface area (Å²) in [6.07, 6.45) is 1.78. The van der Waals surface area contributed by atoms with Crippen LogP contribution in [0.3, 0.4) is 0 Å². The zero-order valence-corrected chi connectivity index (χ0v) is 10.8. The van der Waals surface area contributed by atoms with Crippen LogP contribution in [0.2, 0.25) is 0 Å². The van der Waals surface area contributed by atoms with Crippen LogP contribution < -0.4 is 0 Å². The topological polar surface area (TPSA) is 38.0 Å². The molecule has 1 N–H and O–H groups in total. The Balaban J connectivity index is 1.96. The molecule has 0 saturated carbocycles. The molecule has 1 atom stereocenters. The number of hydrogen-bond acceptors (Lipinski definition) is 2. The summed E-state index contributed by atoms with van der Waals surface area (Å²) in [4.78, 5) is 4.35. The van der Waals surface area contributed by atoms with Crippen molar-refractivity contribution >= 4 is 11.0 Å². The van der Waals surface area contributed by atoms with Crippen LogP contribution >= 0.6 is 0 Å². The molecule has 3 rings (SSSR count). The first-order valence-corrected chi connectivity index (χ1v) is 6.35. The van der Waals surface area contributed by atoms with E-state index in [1.165, 1.54) is 0 Å². The van der Waals surface area contributed by atoms with Gasteiger partial charge in [0.15, 0.2) is 0 Å². The number of aromatic nitrogens is 2. The van der Waals surface area contributed by atoms with Crippen LogP contribution in [-0.4, -0.2) is 14.7 Å². The number of benzene rings is 2. The molecule has 19 heavy (non-hydrogen) atoms. The Hall–Kier alpha value is -2.13. The number of hydrogen-bond donors (Lipinski definition) is 1. The summed E-state index contributed by atoms with van der Waals surface area (Å²) in [5.74, 6) is 0. The van der Waals surface area contributed by atoms with Gasteiger partial charge < -0.3 is 9.67 Å². The molecule has 0 bridgehead atoms. The van der Waals surface area contributed by atoms with Gasteiger partial charge in [0, 0.05) is 0 Å². The summed E-state index contributed by atoms with van der Waals surface area (Å²) < 4.78 is 1.99. The summed E-state index contributed by atoms with van der Waals surface area (Å²) in [6, 6.07) is 17.7. The molecule has 2 aromatic carbocycles. The lowest BCUT2D eigenvalue weighted by Gasteiger charge is -2.24. The molecule has 0 aliphatic carbocycles. The minimum Gasteiger partial charge on any atom is -0.384 e. The summed E-state index contributed by atoms with van der Waals surface area (Å²) in [5, 5.41) is 10.7. The van der Waals surface area contributed by atoms with Crippen LogP contribution in [0.5, 0.6) is 0 Å². The van der Waals surface area contributed by atoms with E-state index < -0.39 is 5.60 Å². The number of fused-ring (bicyclic) bond motifs is 1. The third kappa shape index (κ3) is 2.25. The molecule has 0 fully saturated rings. The van der Waals surface area contributed by atoms with Crippen LogP contribution in [0.4, 0.5) is 0 Å². The Bertz CT molecular complexity index is 686. The van der Waals surface area contributed by atoms with Gasteiger partial charge in [0.05, 0.1) is 23.9 Å². The Morgan fingerprint density at radius 1 is 1.05 bits per heavy atom. The van der Waals surface area contributed by atoms with Gasteiger partial charge in [-0.2, -0.15) is 0 Å². The van der Waals surface area contributed by atoms with Crippen LogP contribution in [0.15, 0.2) is 60.9 Å². The standard InChI is InChI=1S/C16H16N2O/c1-16(19,13-7-3-2-4-8-13)11-18-12-17-14-9-5-6-10-15(14)18/h2-10,12,19H,11H2,1H3. The Morgan fingerprint density at radius 3 is 2.53 bits per heavy atom. The highest BCUT2D eigenvalue weighted by molar-refractivity contribution is 5.74. The molecular weight excluding hydrogens is 236 g/mol. The fourth-order valence-corrected chi connectivity index (χ4v) is 2.36. The molecular formula is C16H16N2O. The summed E-state index contributed by atoms with van der Waals surface area (Å²) in [5.41, 5.74) is 1.99. The predicted octanol–water partition coefficient (Wildman–Crippen LogP) is 2.94. The highest BCUT2D eigenvalue weighted by atomic mass is 16.3. The third-order valence-corrected chi connectivity index (χ3v) is 3.40. The molecule has 0 aliphatic rings. The second-order valence-electron chi connectivity index (χ2n) is 5.00. The van der Waals surface area contributed by atoms with E-state index in [2.05, 4.69) is 4.98 Å². The van der Waals surface area contributed by atoms with E-state index in [1.54, 1.807) is 6.33 Å². The second kappa shape index (κ2) is 4.52.